The number of thiol groups is 2. The van der Waals surface area contributed by atoms with Gasteiger partial charge in [0, 0.05) is 47.9 Å². The molecule has 0 bridgehead atoms. The van der Waals surface area contributed by atoms with E-state index in [1.165, 1.54) is 24.3 Å². The number of aliphatic carboxylic acids is 1. The molecule has 1 aliphatic heterocycles. The summed E-state index contributed by atoms with van der Waals surface area (Å²) < 4.78 is 0. The number of carboxylic acids is 1. The van der Waals surface area contributed by atoms with E-state index in [2.05, 4.69) is 67.5 Å². The van der Waals surface area contributed by atoms with Gasteiger partial charge in [-0.05, 0) is 60.7 Å². The number of carbonyl (C=O) groups excluding carboxylic acids is 7. The van der Waals surface area contributed by atoms with Gasteiger partial charge in [-0.1, -0.05) is 60.7 Å². The fourth-order valence-electron chi connectivity index (χ4n) is 7.31. The van der Waals surface area contributed by atoms with Crippen LogP contribution in [0.2, 0.25) is 0 Å². The van der Waals surface area contributed by atoms with Crippen molar-refractivity contribution >= 4 is 83.5 Å². The summed E-state index contributed by atoms with van der Waals surface area (Å²) in [5, 5.41) is 38.6. The van der Waals surface area contributed by atoms with Crippen molar-refractivity contribution in [1.29, 1.82) is 0 Å². The van der Waals surface area contributed by atoms with E-state index in [1.54, 1.807) is 36.5 Å². The molecule has 3 aromatic carbocycles. The largest absolute Gasteiger partial charge is 0.508 e. The molecule has 2 heterocycles. The number of aromatic nitrogens is 1. The first-order chi connectivity index (χ1) is 31.7. The molecular formula is C45H55N9O10S2. The third kappa shape index (κ3) is 14.5. The van der Waals surface area contributed by atoms with Gasteiger partial charge in [-0.25, -0.2) is 0 Å². The smallest absolute Gasteiger partial charge is 0.305 e. The first-order valence-electron chi connectivity index (χ1n) is 21.3. The zero-order chi connectivity index (χ0) is 47.8. The van der Waals surface area contributed by atoms with Crippen molar-refractivity contribution in [3.05, 3.63) is 102 Å². The van der Waals surface area contributed by atoms with Crippen LogP contribution < -0.4 is 43.0 Å². The molecule has 0 saturated carbocycles. The van der Waals surface area contributed by atoms with Gasteiger partial charge in [-0.3, -0.25) is 38.4 Å². The molecule has 7 amide bonds. The number of carbonyl (C=O) groups is 8. The lowest BCUT2D eigenvalue weighted by molar-refractivity contribution is -0.141. The second-order valence-electron chi connectivity index (χ2n) is 15.8. The van der Waals surface area contributed by atoms with Crippen LogP contribution in [0.3, 0.4) is 0 Å². The van der Waals surface area contributed by atoms with Gasteiger partial charge in [0.25, 0.3) is 0 Å². The maximum Gasteiger partial charge on any atom is 0.305 e. The van der Waals surface area contributed by atoms with Crippen molar-refractivity contribution in [2.45, 2.75) is 87.2 Å². The molecule has 7 atom stereocenters. The summed E-state index contributed by atoms with van der Waals surface area (Å²) in [6.45, 7) is 0.275. The quantitative estimate of drug-likeness (QED) is 0.0579. The molecule has 5 rings (SSSR count). The zero-order valence-electron chi connectivity index (χ0n) is 35.8. The predicted molar refractivity (Wildman–Crippen MR) is 250 cm³/mol. The molecule has 352 valence electrons. The predicted octanol–water partition coefficient (Wildman–Crippen LogP) is -0.228. The number of nitrogens with one attached hydrogen (secondary N) is 8. The second-order valence-corrected chi connectivity index (χ2v) is 16.5. The third-order valence-corrected chi connectivity index (χ3v) is 11.6. The highest BCUT2D eigenvalue weighted by atomic mass is 32.1. The van der Waals surface area contributed by atoms with Gasteiger partial charge in [0.2, 0.25) is 41.4 Å². The maximum absolute atomic E-state index is 14.6. The lowest BCUT2D eigenvalue weighted by Gasteiger charge is -2.27. The number of para-hydroxylation sites is 1. The Morgan fingerprint density at radius 3 is 1.52 bits per heavy atom. The van der Waals surface area contributed by atoms with Gasteiger partial charge in [0.05, 0.1) is 6.42 Å². The van der Waals surface area contributed by atoms with Crippen molar-refractivity contribution in [3.63, 3.8) is 0 Å². The van der Waals surface area contributed by atoms with Crippen LogP contribution in [0.15, 0.2) is 85.1 Å². The van der Waals surface area contributed by atoms with Crippen LogP contribution in [-0.2, 0) is 57.6 Å². The number of rotatable bonds is 14. The SMILES string of the molecule is NCCCC[C@@H]1NC(=O)[C@H](Cc2c[nH]c3ccccc23)NC(=O)[C@H](Cc2ccccc2)NC(=O)[C@H](CS)NC(=O)[C@H](CC(=O)O)NC(=O)[C@H](CS)NC(=O)[C@H](Cc2ccc(O)cc2)NC1=O. The van der Waals surface area contributed by atoms with E-state index in [-0.39, 0.29) is 49.5 Å². The monoisotopic (exact) mass is 945 g/mol. The maximum atomic E-state index is 14.6. The summed E-state index contributed by atoms with van der Waals surface area (Å²) in [5.74, 6) is -8.47. The van der Waals surface area contributed by atoms with E-state index in [0.29, 0.717) is 29.5 Å². The van der Waals surface area contributed by atoms with Crippen LogP contribution in [0.25, 0.3) is 10.9 Å². The van der Waals surface area contributed by atoms with Crippen LogP contribution in [0.4, 0.5) is 0 Å². The molecule has 0 spiro atoms. The van der Waals surface area contributed by atoms with Crippen molar-refractivity contribution in [3.8, 4) is 5.75 Å². The number of benzene rings is 3. The number of hydrogen-bond donors (Lipinski definition) is 13. The summed E-state index contributed by atoms with van der Waals surface area (Å²) in [7, 11) is 0. The molecule has 1 saturated heterocycles. The third-order valence-electron chi connectivity index (χ3n) is 10.9. The number of carboxylic acid groups (broad SMARTS) is 1. The van der Waals surface area contributed by atoms with E-state index < -0.39 is 96.0 Å². The highest BCUT2D eigenvalue weighted by molar-refractivity contribution is 7.80. The number of aromatic amines is 1. The number of phenols is 1. The molecule has 21 heteroatoms. The summed E-state index contributed by atoms with van der Waals surface area (Å²) in [5.41, 5.74) is 8.31. The van der Waals surface area contributed by atoms with Crippen LogP contribution in [0.1, 0.15) is 42.4 Å². The van der Waals surface area contributed by atoms with Crippen molar-refractivity contribution in [1.82, 2.24) is 42.2 Å². The molecular weight excluding hydrogens is 891 g/mol. The molecule has 66 heavy (non-hydrogen) atoms. The van der Waals surface area contributed by atoms with Crippen molar-refractivity contribution in [2.75, 3.05) is 18.1 Å². The van der Waals surface area contributed by atoms with E-state index in [4.69, 9.17) is 5.73 Å². The van der Waals surface area contributed by atoms with Gasteiger partial charge in [0.1, 0.15) is 48.0 Å². The first-order valence-corrected chi connectivity index (χ1v) is 22.6. The van der Waals surface area contributed by atoms with E-state index in [1.807, 2.05) is 24.3 Å². The summed E-state index contributed by atoms with van der Waals surface area (Å²) >= 11 is 8.47. The number of nitrogens with two attached hydrogens (primary N) is 1. The minimum atomic E-state index is -1.77. The minimum absolute atomic E-state index is 0.0571. The Morgan fingerprint density at radius 2 is 0.970 bits per heavy atom. The Bertz CT molecular complexity index is 2350. The number of amides is 7. The van der Waals surface area contributed by atoms with E-state index >= 15 is 0 Å². The number of aromatic hydroxyl groups is 1. The standard InChI is InChI=1S/C45H55N9O10S2/c46-17-7-6-12-31-39(58)49-33(19-26-13-15-28(55)16-14-26)41(60)53-37(24-66)45(64)52-35(21-38(56)57)43(62)54-36(23-65)44(63)50-32(18-25-8-2-1-3-9-25)40(59)51-34(42(61)48-31)20-27-22-47-30-11-5-4-10-29(27)30/h1-5,8-11,13-16,22,31-37,47,55,65-66H,6-7,12,17-21,23-24,46H2,(H,48,61)(H,49,58)(H,50,63)(H,51,59)(H,52,64)(H,53,60)(H,54,62)(H,56,57)/t31-,32-,33-,34-,35-,36-,37-/m0/s1. The molecule has 1 aromatic heterocycles. The zero-order valence-corrected chi connectivity index (χ0v) is 37.6. The van der Waals surface area contributed by atoms with Gasteiger partial charge in [-0.15, -0.1) is 0 Å². The normalized spacial score (nSPS) is 23.0. The molecule has 19 nitrogen and oxygen atoms in total. The Balaban J connectivity index is 1.60. The van der Waals surface area contributed by atoms with Crippen molar-refractivity contribution in [2.24, 2.45) is 5.73 Å². The summed E-state index contributed by atoms with van der Waals surface area (Å²) in [4.78, 5) is 114. The van der Waals surface area contributed by atoms with Gasteiger partial charge in [-0.2, -0.15) is 25.3 Å². The Hall–Kier alpha value is -6.58. The summed E-state index contributed by atoms with van der Waals surface area (Å²) in [6, 6.07) is 11.7. The van der Waals surface area contributed by atoms with Gasteiger partial charge >= 0.3 is 5.97 Å². The van der Waals surface area contributed by atoms with Gasteiger partial charge < -0.3 is 58.1 Å². The van der Waals surface area contributed by atoms with Crippen LogP contribution >= 0.6 is 25.3 Å². The number of H-pyrrole nitrogens is 1. The van der Waals surface area contributed by atoms with E-state index in [0.717, 1.165) is 10.9 Å². The Kier molecular flexibility index (Phi) is 18.8. The average Bonchev–Trinajstić information content (AvgIpc) is 3.71. The molecule has 0 unspecified atom stereocenters. The van der Waals surface area contributed by atoms with E-state index in [9.17, 15) is 48.6 Å². The van der Waals surface area contributed by atoms with Gasteiger partial charge in [0.15, 0.2) is 0 Å². The van der Waals surface area contributed by atoms with Crippen LogP contribution in [0.5, 0.6) is 5.75 Å². The molecule has 0 radical (unpaired) electrons. The average molecular weight is 946 g/mol. The Morgan fingerprint density at radius 1 is 0.530 bits per heavy atom. The van der Waals surface area contributed by atoms with Crippen LogP contribution in [-0.4, -0.2) is 123 Å². The van der Waals surface area contributed by atoms with Crippen LogP contribution in [0, 0.1) is 0 Å². The number of unbranched alkanes of at least 4 members (excludes halogenated alkanes) is 1. The molecule has 12 N–H and O–H groups in total. The number of phenolic OH excluding ortho intramolecular Hbond substituents is 1. The second kappa shape index (κ2) is 24.6. The molecule has 1 aliphatic rings. The number of fused-ring (bicyclic) bond motifs is 1. The Labute approximate surface area is 391 Å². The minimum Gasteiger partial charge on any atom is -0.508 e. The highest BCUT2D eigenvalue weighted by Crippen LogP contribution is 2.20. The van der Waals surface area contributed by atoms with Crippen molar-refractivity contribution < 1.29 is 48.6 Å². The fourth-order valence-corrected chi connectivity index (χ4v) is 7.82. The fraction of sp³-hybridized carbons (Fsp3) is 0.378. The highest BCUT2D eigenvalue weighted by Gasteiger charge is 2.36. The first kappa shape index (κ1) is 50.4. The summed E-state index contributed by atoms with van der Waals surface area (Å²) in [6.07, 6.45) is 1.33. The lowest BCUT2D eigenvalue weighted by Crippen LogP contribution is -2.60. The molecule has 0 aliphatic carbocycles. The number of hydrogen-bond acceptors (Lipinski definition) is 12. The lowest BCUT2D eigenvalue weighted by atomic mass is 10.0. The topological polar surface area (TPSA) is 303 Å². The molecule has 4 aromatic rings. The molecule has 1 fully saturated rings.